The van der Waals surface area contributed by atoms with E-state index in [1.807, 2.05) is 25.1 Å². The number of carbonyl (C=O) groups is 1. The van der Waals surface area contributed by atoms with Crippen molar-refractivity contribution in [3.05, 3.63) is 83.0 Å². The number of hydrogen-bond donors (Lipinski definition) is 2. The molecule has 2 aliphatic rings. The van der Waals surface area contributed by atoms with Gasteiger partial charge in [0.05, 0.1) is 4.90 Å². The summed E-state index contributed by atoms with van der Waals surface area (Å²) in [5, 5.41) is 8.96. The van der Waals surface area contributed by atoms with Gasteiger partial charge >= 0.3 is 5.97 Å². The highest BCUT2D eigenvalue weighted by Gasteiger charge is 2.25. The molecule has 8 heteroatoms. The van der Waals surface area contributed by atoms with E-state index in [1.165, 1.54) is 0 Å². The second-order valence-electron chi connectivity index (χ2n) is 8.17. The minimum Gasteiger partial charge on any atom is -0.486 e. The summed E-state index contributed by atoms with van der Waals surface area (Å²) in [6, 6.07) is 8.74. The maximum atomic E-state index is 13.2. The first-order valence-electron chi connectivity index (χ1n) is 10.8. The average Bonchev–Trinajstić information content (AvgIpc) is 3.00. The fourth-order valence-corrected chi connectivity index (χ4v) is 5.26. The number of allylic oxidation sites excluding steroid dienone is 5. The maximum absolute atomic E-state index is 13.2. The summed E-state index contributed by atoms with van der Waals surface area (Å²) >= 11 is 0. The van der Waals surface area contributed by atoms with Crippen molar-refractivity contribution in [2.24, 2.45) is 0 Å². The Morgan fingerprint density at radius 2 is 1.88 bits per heavy atom. The minimum atomic E-state index is -3.79. The van der Waals surface area contributed by atoms with Crippen LogP contribution in [-0.4, -0.2) is 31.1 Å². The summed E-state index contributed by atoms with van der Waals surface area (Å²) in [4.78, 5) is 15.3. The van der Waals surface area contributed by atoms with E-state index in [2.05, 4.69) is 9.71 Å². The van der Waals surface area contributed by atoms with Gasteiger partial charge in [0, 0.05) is 35.6 Å². The van der Waals surface area contributed by atoms with Crippen LogP contribution >= 0.6 is 0 Å². The molecule has 0 unspecified atom stereocenters. The lowest BCUT2D eigenvalue weighted by Gasteiger charge is -2.21. The van der Waals surface area contributed by atoms with Gasteiger partial charge in [-0.15, -0.1) is 0 Å². The Bertz CT molecular complexity index is 1260. The molecule has 0 saturated carbocycles. The minimum absolute atomic E-state index is 0.178. The number of aromatic nitrogens is 1. The number of fused-ring (bicyclic) bond motifs is 1. The van der Waals surface area contributed by atoms with Crippen LogP contribution < -0.4 is 4.72 Å². The van der Waals surface area contributed by atoms with Crippen molar-refractivity contribution in [1.82, 2.24) is 9.71 Å². The number of rotatable bonds is 7. The van der Waals surface area contributed by atoms with Crippen LogP contribution in [-0.2, 0) is 19.6 Å². The lowest BCUT2D eigenvalue weighted by Crippen LogP contribution is -2.24. The number of sulfonamides is 1. The Morgan fingerprint density at radius 3 is 2.61 bits per heavy atom. The molecule has 4 rings (SSSR count). The second kappa shape index (κ2) is 9.62. The van der Waals surface area contributed by atoms with Crippen molar-refractivity contribution < 1.29 is 23.1 Å². The topological polar surface area (TPSA) is 106 Å². The van der Waals surface area contributed by atoms with Gasteiger partial charge in [-0.2, -0.15) is 0 Å². The van der Waals surface area contributed by atoms with Crippen molar-refractivity contribution in [2.75, 3.05) is 6.61 Å². The molecule has 0 bridgehead atoms. The number of nitrogens with zero attached hydrogens (tertiary/aromatic N) is 1. The van der Waals surface area contributed by atoms with Gasteiger partial charge in [0.25, 0.3) is 10.0 Å². The zero-order chi connectivity index (χ0) is 23.4. The summed E-state index contributed by atoms with van der Waals surface area (Å²) in [5.74, 6) is -0.438. The number of ether oxygens (including phenoxy) is 1. The summed E-state index contributed by atoms with van der Waals surface area (Å²) in [5.41, 5.74) is 5.13. The molecule has 33 heavy (non-hydrogen) atoms. The SMILES string of the molecule is Cc1cncc(-c2ccc(S(=O)(=O)NC3=C4C=CCC(OCC(=O)O)=C4CCCC3)cc2)c1. The standard InChI is InChI=1S/C25H26N2O5S/c1-17-13-19(15-26-14-17)18-9-11-20(12-10-18)33(30,31)27-23-7-3-2-5-22-21(23)6-4-8-24(22)32-16-25(28)29/h4,6,9-15,27H,2-3,5,7-8,16H2,1H3,(H,28,29). The third kappa shape index (κ3) is 5.34. The van der Waals surface area contributed by atoms with Crippen LogP contribution in [0.1, 0.15) is 37.7 Å². The smallest absolute Gasteiger partial charge is 0.341 e. The van der Waals surface area contributed by atoms with Crippen molar-refractivity contribution >= 4 is 16.0 Å². The van der Waals surface area contributed by atoms with Crippen molar-refractivity contribution in [1.29, 1.82) is 0 Å². The molecule has 0 aliphatic heterocycles. The van der Waals surface area contributed by atoms with Gasteiger partial charge in [-0.3, -0.25) is 9.71 Å². The van der Waals surface area contributed by atoms with Crippen LogP contribution in [0.25, 0.3) is 11.1 Å². The van der Waals surface area contributed by atoms with E-state index in [0.717, 1.165) is 47.1 Å². The van der Waals surface area contributed by atoms with Gasteiger partial charge in [0.1, 0.15) is 5.76 Å². The van der Waals surface area contributed by atoms with Crippen LogP contribution in [0.3, 0.4) is 0 Å². The number of benzene rings is 1. The predicted octanol–water partition coefficient (Wildman–Crippen LogP) is 4.48. The third-order valence-corrected chi connectivity index (χ3v) is 7.09. The third-order valence-electron chi connectivity index (χ3n) is 5.68. The highest BCUT2D eigenvalue weighted by Crippen LogP contribution is 2.35. The summed E-state index contributed by atoms with van der Waals surface area (Å²) in [6.07, 6.45) is 10.8. The lowest BCUT2D eigenvalue weighted by molar-refractivity contribution is -0.140. The Hall–Kier alpha value is -3.39. The predicted molar refractivity (Wildman–Crippen MR) is 125 cm³/mol. The molecule has 0 atom stereocenters. The number of aryl methyl sites for hydroxylation is 1. The van der Waals surface area contributed by atoms with Gasteiger partial charge < -0.3 is 9.84 Å². The van der Waals surface area contributed by atoms with E-state index in [0.29, 0.717) is 24.3 Å². The largest absolute Gasteiger partial charge is 0.486 e. The molecule has 0 radical (unpaired) electrons. The first-order valence-corrected chi connectivity index (χ1v) is 12.3. The Kier molecular flexibility index (Phi) is 6.65. The first-order chi connectivity index (χ1) is 15.8. The van der Waals surface area contributed by atoms with Gasteiger partial charge in [-0.1, -0.05) is 24.3 Å². The molecule has 0 spiro atoms. The van der Waals surface area contributed by atoms with E-state index in [4.69, 9.17) is 9.84 Å². The van der Waals surface area contributed by atoms with Gasteiger partial charge in [-0.25, -0.2) is 13.2 Å². The first kappa shape index (κ1) is 22.8. The number of nitrogens with one attached hydrogen (secondary N) is 1. The molecule has 2 N–H and O–H groups in total. The molecule has 172 valence electrons. The zero-order valence-corrected chi connectivity index (χ0v) is 19.2. The molecule has 0 saturated heterocycles. The molecule has 2 aromatic rings. The van der Waals surface area contributed by atoms with Crippen LogP contribution in [0.4, 0.5) is 0 Å². The number of carboxylic acids is 1. The molecular formula is C25H26N2O5S. The van der Waals surface area contributed by atoms with Gasteiger partial charge in [0.2, 0.25) is 0 Å². The normalized spacial score (nSPS) is 16.3. The van der Waals surface area contributed by atoms with Crippen LogP contribution in [0.2, 0.25) is 0 Å². The molecular weight excluding hydrogens is 440 g/mol. The van der Waals surface area contributed by atoms with E-state index >= 15 is 0 Å². The molecule has 1 aromatic carbocycles. The van der Waals surface area contributed by atoms with E-state index in [1.54, 1.807) is 36.7 Å². The van der Waals surface area contributed by atoms with E-state index in [9.17, 15) is 13.2 Å². The number of hydrogen-bond acceptors (Lipinski definition) is 5. The Balaban J connectivity index is 1.61. The number of aliphatic carboxylic acids is 1. The van der Waals surface area contributed by atoms with Gasteiger partial charge in [0.15, 0.2) is 6.61 Å². The molecule has 1 heterocycles. The molecule has 0 fully saturated rings. The lowest BCUT2D eigenvalue weighted by atomic mass is 9.94. The number of carboxylic acid groups (broad SMARTS) is 1. The Morgan fingerprint density at radius 1 is 1.12 bits per heavy atom. The Labute approximate surface area is 193 Å². The van der Waals surface area contributed by atoms with E-state index in [-0.39, 0.29) is 4.90 Å². The molecule has 0 amide bonds. The quantitative estimate of drug-likeness (QED) is 0.623. The second-order valence-corrected chi connectivity index (χ2v) is 9.85. The van der Waals surface area contributed by atoms with E-state index < -0.39 is 22.6 Å². The zero-order valence-electron chi connectivity index (χ0n) is 18.4. The maximum Gasteiger partial charge on any atom is 0.341 e. The molecule has 1 aromatic heterocycles. The molecule has 7 nitrogen and oxygen atoms in total. The molecule has 2 aliphatic carbocycles. The van der Waals surface area contributed by atoms with Crippen molar-refractivity contribution in [3.8, 4) is 11.1 Å². The fourth-order valence-electron chi connectivity index (χ4n) is 4.11. The van der Waals surface area contributed by atoms with Crippen molar-refractivity contribution in [3.63, 3.8) is 0 Å². The van der Waals surface area contributed by atoms with Crippen LogP contribution in [0.5, 0.6) is 0 Å². The highest BCUT2D eigenvalue weighted by molar-refractivity contribution is 7.89. The highest BCUT2D eigenvalue weighted by atomic mass is 32.2. The monoisotopic (exact) mass is 466 g/mol. The average molecular weight is 467 g/mol. The van der Waals surface area contributed by atoms with Gasteiger partial charge in [-0.05, 0) is 67.5 Å². The summed E-state index contributed by atoms with van der Waals surface area (Å²) < 4.78 is 34.7. The number of pyridine rings is 1. The summed E-state index contributed by atoms with van der Waals surface area (Å²) in [7, 11) is -3.79. The van der Waals surface area contributed by atoms with Crippen LogP contribution in [0.15, 0.2) is 82.4 Å². The fraction of sp³-hybridized carbons (Fsp3) is 0.280. The van der Waals surface area contributed by atoms with Crippen LogP contribution in [0, 0.1) is 6.92 Å². The summed E-state index contributed by atoms with van der Waals surface area (Å²) in [6.45, 7) is 1.55. The van der Waals surface area contributed by atoms with Crippen molar-refractivity contribution in [2.45, 2.75) is 43.9 Å².